The van der Waals surface area contributed by atoms with Gasteiger partial charge in [-0.25, -0.2) is 18.7 Å². The fourth-order valence-electron chi connectivity index (χ4n) is 4.54. The third-order valence-corrected chi connectivity index (χ3v) is 5.84. The number of halogens is 2. The Bertz CT molecular complexity index is 1170. The van der Waals surface area contributed by atoms with Gasteiger partial charge in [-0.15, -0.1) is 0 Å². The van der Waals surface area contributed by atoms with Crippen molar-refractivity contribution in [2.75, 3.05) is 18.5 Å². The van der Waals surface area contributed by atoms with Crippen LogP contribution in [-0.4, -0.2) is 44.1 Å². The predicted octanol–water partition coefficient (Wildman–Crippen LogP) is 3.53. The first-order valence-corrected chi connectivity index (χ1v) is 10.0. The van der Waals surface area contributed by atoms with Crippen LogP contribution in [0.5, 0.6) is 5.88 Å². The molecule has 5 heterocycles. The molecule has 2 saturated heterocycles. The number of nitrogens with zero attached hydrogens (tertiary/aromatic N) is 4. The predicted molar refractivity (Wildman–Crippen MR) is 107 cm³/mol. The molecule has 0 unspecified atom stereocenters. The molecule has 1 N–H and O–H groups in total. The van der Waals surface area contributed by atoms with Crippen molar-refractivity contribution in [1.82, 2.24) is 19.4 Å². The van der Waals surface area contributed by atoms with E-state index in [4.69, 9.17) is 9.47 Å². The van der Waals surface area contributed by atoms with E-state index in [1.807, 2.05) is 6.20 Å². The van der Waals surface area contributed by atoms with Crippen molar-refractivity contribution >= 4 is 17.5 Å². The zero-order valence-corrected chi connectivity index (χ0v) is 17.1. The van der Waals surface area contributed by atoms with Gasteiger partial charge in [0.15, 0.2) is 0 Å². The van der Waals surface area contributed by atoms with E-state index in [0.29, 0.717) is 19.0 Å². The third kappa shape index (κ3) is 3.31. The van der Waals surface area contributed by atoms with Crippen LogP contribution in [0.25, 0.3) is 5.78 Å². The van der Waals surface area contributed by atoms with Gasteiger partial charge in [0, 0.05) is 17.8 Å². The zero-order chi connectivity index (χ0) is 21.8. The highest BCUT2D eigenvalue weighted by molar-refractivity contribution is 6.05. The number of ether oxygens (including phenoxy) is 2. The number of alkyl halides is 2. The van der Waals surface area contributed by atoms with Crippen LogP contribution >= 0.6 is 0 Å². The van der Waals surface area contributed by atoms with Crippen molar-refractivity contribution in [3.63, 3.8) is 0 Å². The first-order chi connectivity index (χ1) is 14.8. The fraction of sp³-hybridized carbons (Fsp3) is 0.429. The number of aromatic nitrogens is 4. The molecule has 162 valence electrons. The standard InChI is InChI=1S/C21H21F2N5O3/c1-3-30-18-12(17(29)26-15-6-4-5-13(24-15)16(22)23)7-28-8-14(25-19(28)27-18)21-9-20(2,10-21)31-11-21/h4-8,16H,3,9-11H2,1-2H3,(H,24,26,29). The molecule has 0 spiro atoms. The van der Waals surface area contributed by atoms with E-state index >= 15 is 0 Å². The molecule has 3 aromatic rings. The molecule has 2 bridgehead atoms. The van der Waals surface area contributed by atoms with Crippen LogP contribution < -0.4 is 10.1 Å². The molecule has 1 saturated carbocycles. The smallest absolute Gasteiger partial charge is 0.280 e. The highest BCUT2D eigenvalue weighted by Gasteiger charge is 2.61. The second kappa shape index (κ2) is 6.94. The first kappa shape index (κ1) is 19.8. The van der Waals surface area contributed by atoms with E-state index < -0.39 is 18.0 Å². The van der Waals surface area contributed by atoms with Gasteiger partial charge in [-0.3, -0.25) is 9.20 Å². The highest BCUT2D eigenvalue weighted by atomic mass is 19.3. The number of nitrogens with one attached hydrogen (secondary N) is 1. The van der Waals surface area contributed by atoms with Crippen molar-refractivity contribution in [3.05, 3.63) is 47.5 Å². The maximum absolute atomic E-state index is 12.9. The highest BCUT2D eigenvalue weighted by Crippen LogP contribution is 2.58. The lowest BCUT2D eigenvalue weighted by molar-refractivity contribution is 0.0154. The summed E-state index contributed by atoms with van der Waals surface area (Å²) in [5.41, 5.74) is 0.421. The second-order valence-electron chi connectivity index (χ2n) is 8.30. The number of carbonyl (C=O) groups excluding carboxylic acids is 1. The minimum atomic E-state index is -2.73. The monoisotopic (exact) mass is 429 g/mol. The second-order valence-corrected chi connectivity index (χ2v) is 8.30. The minimum Gasteiger partial charge on any atom is -0.477 e. The molecule has 0 radical (unpaired) electrons. The van der Waals surface area contributed by atoms with Crippen LogP contribution in [0.3, 0.4) is 0 Å². The van der Waals surface area contributed by atoms with E-state index in [-0.39, 0.29) is 28.3 Å². The van der Waals surface area contributed by atoms with Crippen molar-refractivity contribution in [3.8, 4) is 5.88 Å². The molecule has 8 nitrogen and oxygen atoms in total. The Morgan fingerprint density at radius 1 is 1.29 bits per heavy atom. The van der Waals surface area contributed by atoms with E-state index in [1.54, 1.807) is 17.5 Å². The minimum absolute atomic E-state index is 0.0208. The number of carbonyl (C=O) groups is 1. The van der Waals surface area contributed by atoms with Crippen LogP contribution in [0.2, 0.25) is 0 Å². The molecule has 0 atom stereocenters. The Morgan fingerprint density at radius 2 is 2.10 bits per heavy atom. The van der Waals surface area contributed by atoms with Crippen molar-refractivity contribution in [2.45, 2.75) is 44.1 Å². The molecule has 2 aliphatic heterocycles. The van der Waals surface area contributed by atoms with Crippen LogP contribution in [-0.2, 0) is 10.2 Å². The summed E-state index contributed by atoms with van der Waals surface area (Å²) >= 11 is 0. The third-order valence-electron chi connectivity index (χ3n) is 5.84. The number of rotatable bonds is 6. The van der Waals surface area contributed by atoms with Crippen molar-refractivity contribution in [2.24, 2.45) is 0 Å². The molecule has 1 aliphatic carbocycles. The Kier molecular flexibility index (Phi) is 4.44. The Morgan fingerprint density at radius 3 is 2.77 bits per heavy atom. The summed E-state index contributed by atoms with van der Waals surface area (Å²) in [5, 5.41) is 2.54. The average Bonchev–Trinajstić information content (AvgIpc) is 3.38. The maximum atomic E-state index is 12.9. The fourth-order valence-corrected chi connectivity index (χ4v) is 4.54. The van der Waals surface area contributed by atoms with Gasteiger partial charge < -0.3 is 14.8 Å². The molecule has 3 aromatic heterocycles. The number of anilines is 1. The van der Waals surface area contributed by atoms with Crippen LogP contribution in [0.15, 0.2) is 30.6 Å². The molecule has 6 rings (SSSR count). The van der Waals surface area contributed by atoms with E-state index in [2.05, 4.69) is 27.2 Å². The summed E-state index contributed by atoms with van der Waals surface area (Å²) in [6.07, 6.45) is 2.52. The lowest BCUT2D eigenvalue weighted by Gasteiger charge is -2.41. The zero-order valence-electron chi connectivity index (χ0n) is 17.1. The van der Waals surface area contributed by atoms with E-state index in [0.717, 1.165) is 18.5 Å². The number of pyridine rings is 1. The summed E-state index contributed by atoms with van der Waals surface area (Å²) in [7, 11) is 0. The number of hydrogen-bond acceptors (Lipinski definition) is 6. The van der Waals surface area contributed by atoms with Gasteiger partial charge in [0.05, 0.1) is 24.5 Å². The van der Waals surface area contributed by atoms with Gasteiger partial charge in [-0.05, 0) is 38.8 Å². The molecule has 31 heavy (non-hydrogen) atoms. The van der Waals surface area contributed by atoms with Crippen LogP contribution in [0, 0.1) is 0 Å². The van der Waals surface area contributed by atoms with E-state index in [1.165, 1.54) is 18.2 Å². The van der Waals surface area contributed by atoms with Crippen molar-refractivity contribution in [1.29, 1.82) is 0 Å². The summed E-state index contributed by atoms with van der Waals surface area (Å²) in [6, 6.07) is 4.05. The Labute approximate surface area is 176 Å². The van der Waals surface area contributed by atoms with Gasteiger partial charge in [-0.1, -0.05) is 6.07 Å². The molecular formula is C21H21F2N5O3. The molecule has 0 aromatic carbocycles. The summed E-state index contributed by atoms with van der Waals surface area (Å²) in [4.78, 5) is 25.8. The lowest BCUT2D eigenvalue weighted by Crippen LogP contribution is -2.45. The molecule has 10 heteroatoms. The van der Waals surface area contributed by atoms with E-state index in [9.17, 15) is 13.6 Å². The van der Waals surface area contributed by atoms with Crippen molar-refractivity contribution < 1.29 is 23.0 Å². The number of amides is 1. The Hall–Kier alpha value is -3.14. The summed E-state index contributed by atoms with van der Waals surface area (Å²) < 4.78 is 38.9. The SMILES string of the molecule is CCOc1nc2nc(C34COC(C)(C3)C4)cn2cc1C(=O)Nc1cccc(C(F)F)n1. The van der Waals surface area contributed by atoms with Gasteiger partial charge in [-0.2, -0.15) is 4.98 Å². The first-order valence-electron chi connectivity index (χ1n) is 10.0. The average molecular weight is 429 g/mol. The van der Waals surface area contributed by atoms with Crippen LogP contribution in [0.1, 0.15) is 54.9 Å². The maximum Gasteiger partial charge on any atom is 0.280 e. The lowest BCUT2D eigenvalue weighted by atomic mass is 9.62. The molecular weight excluding hydrogens is 408 g/mol. The van der Waals surface area contributed by atoms with Crippen LogP contribution in [0.4, 0.5) is 14.6 Å². The Balaban J connectivity index is 1.48. The summed E-state index contributed by atoms with van der Waals surface area (Å²) in [5.74, 6) is -0.00556. The van der Waals surface area contributed by atoms with Gasteiger partial charge in [0.25, 0.3) is 12.3 Å². The largest absolute Gasteiger partial charge is 0.477 e. The van der Waals surface area contributed by atoms with Gasteiger partial charge in [0.1, 0.15) is 17.1 Å². The number of fused-ring (bicyclic) bond motifs is 2. The molecule has 1 amide bonds. The molecule has 3 fully saturated rings. The topological polar surface area (TPSA) is 90.6 Å². The summed E-state index contributed by atoms with van der Waals surface area (Å²) in [6.45, 7) is 4.79. The van der Waals surface area contributed by atoms with Gasteiger partial charge >= 0.3 is 0 Å². The normalized spacial score (nSPS) is 24.4. The number of imidazole rings is 1. The molecule has 3 aliphatic rings. The quantitative estimate of drug-likeness (QED) is 0.645. The number of hydrogen-bond donors (Lipinski definition) is 1. The van der Waals surface area contributed by atoms with Gasteiger partial charge in [0.2, 0.25) is 11.7 Å².